The zero-order chi connectivity index (χ0) is 16.4. The second kappa shape index (κ2) is 7.42. The Hall–Kier alpha value is -1.10. The fraction of sp³-hybridized carbons (Fsp3) is 0.700. The summed E-state index contributed by atoms with van der Waals surface area (Å²) < 4.78 is 17.5. The van der Waals surface area contributed by atoms with Crippen LogP contribution >= 0.6 is 0 Å². The summed E-state index contributed by atoms with van der Waals surface area (Å²) in [6.45, 7) is 3.73. The number of hydrogen-bond donors (Lipinski definition) is 0. The van der Waals surface area contributed by atoms with Gasteiger partial charge in [-0.25, -0.2) is 0 Å². The summed E-state index contributed by atoms with van der Waals surface area (Å²) in [5.41, 5.74) is 1.36. The standard InChI is InChI=1S/C20H29NO3/c1-22-18-8-9-20-19(12-18)21(10-11-23-20)13-15-4-6-17(7-5-15)24-14-16-2-3-16/h4-7,16,18-20H,2-3,8-14H2,1H3/t18-,19-,20-/m1/s1. The predicted octanol–water partition coefficient (Wildman–Crippen LogP) is 3.24. The first-order chi connectivity index (χ1) is 11.8. The van der Waals surface area contributed by atoms with Gasteiger partial charge in [0.15, 0.2) is 0 Å². The van der Waals surface area contributed by atoms with Gasteiger partial charge in [-0.2, -0.15) is 0 Å². The molecule has 2 saturated carbocycles. The monoisotopic (exact) mass is 331 g/mol. The third-order valence-corrected chi connectivity index (χ3v) is 5.71. The van der Waals surface area contributed by atoms with Gasteiger partial charge in [-0.1, -0.05) is 12.1 Å². The highest BCUT2D eigenvalue weighted by Crippen LogP contribution is 2.32. The highest BCUT2D eigenvalue weighted by Gasteiger charge is 2.37. The lowest BCUT2D eigenvalue weighted by Gasteiger charge is -2.45. The molecule has 3 atom stereocenters. The number of rotatable bonds is 6. The minimum Gasteiger partial charge on any atom is -0.493 e. The molecule has 0 bridgehead atoms. The maximum atomic E-state index is 6.00. The lowest BCUT2D eigenvalue weighted by Crippen LogP contribution is -2.54. The summed E-state index contributed by atoms with van der Waals surface area (Å²) in [7, 11) is 1.83. The van der Waals surface area contributed by atoms with Crippen LogP contribution in [0.1, 0.15) is 37.7 Å². The quantitative estimate of drug-likeness (QED) is 0.801. The van der Waals surface area contributed by atoms with Gasteiger partial charge in [-0.15, -0.1) is 0 Å². The average Bonchev–Trinajstić information content (AvgIpc) is 3.45. The van der Waals surface area contributed by atoms with Crippen LogP contribution in [0.15, 0.2) is 24.3 Å². The van der Waals surface area contributed by atoms with Crippen molar-refractivity contribution in [2.45, 2.75) is 56.9 Å². The summed E-state index contributed by atoms with van der Waals surface area (Å²) in [5.74, 6) is 1.80. The number of benzene rings is 1. The summed E-state index contributed by atoms with van der Waals surface area (Å²) >= 11 is 0. The molecule has 132 valence electrons. The molecule has 0 unspecified atom stereocenters. The fourth-order valence-electron chi connectivity index (χ4n) is 3.98. The topological polar surface area (TPSA) is 30.9 Å². The molecule has 1 saturated heterocycles. The fourth-order valence-corrected chi connectivity index (χ4v) is 3.98. The molecule has 3 fully saturated rings. The average molecular weight is 331 g/mol. The molecule has 0 radical (unpaired) electrons. The number of nitrogens with zero attached hydrogens (tertiary/aromatic N) is 1. The van der Waals surface area contributed by atoms with Crippen LogP contribution in [0, 0.1) is 5.92 Å². The van der Waals surface area contributed by atoms with Crippen LogP contribution in [0.25, 0.3) is 0 Å². The van der Waals surface area contributed by atoms with E-state index in [1.807, 2.05) is 7.11 Å². The molecule has 1 heterocycles. The maximum Gasteiger partial charge on any atom is 0.119 e. The molecule has 4 rings (SSSR count). The molecular weight excluding hydrogens is 302 g/mol. The van der Waals surface area contributed by atoms with Crippen LogP contribution in [0.4, 0.5) is 0 Å². The third-order valence-electron chi connectivity index (χ3n) is 5.71. The Morgan fingerprint density at radius 3 is 2.71 bits per heavy atom. The van der Waals surface area contributed by atoms with Crippen LogP contribution in [-0.4, -0.2) is 50.0 Å². The van der Waals surface area contributed by atoms with Gasteiger partial charge in [0.05, 0.1) is 25.4 Å². The van der Waals surface area contributed by atoms with E-state index < -0.39 is 0 Å². The molecule has 1 aromatic rings. The van der Waals surface area contributed by atoms with Gasteiger partial charge < -0.3 is 14.2 Å². The van der Waals surface area contributed by atoms with Crippen LogP contribution in [0.5, 0.6) is 5.75 Å². The molecule has 24 heavy (non-hydrogen) atoms. The Bertz CT molecular complexity index is 528. The van der Waals surface area contributed by atoms with E-state index in [0.29, 0.717) is 18.2 Å². The molecule has 0 N–H and O–H groups in total. The first-order valence-electron chi connectivity index (χ1n) is 9.42. The number of hydrogen-bond acceptors (Lipinski definition) is 4. The SMILES string of the molecule is CO[C@@H]1CC[C@H]2OCCN(Cc3ccc(OCC4CC4)cc3)[C@@H]2C1. The number of fused-ring (bicyclic) bond motifs is 1. The summed E-state index contributed by atoms with van der Waals surface area (Å²) in [6, 6.07) is 9.15. The van der Waals surface area contributed by atoms with Crippen molar-refractivity contribution >= 4 is 0 Å². The molecule has 0 aromatic heterocycles. The van der Waals surface area contributed by atoms with E-state index in [-0.39, 0.29) is 0 Å². The van der Waals surface area contributed by atoms with Crippen molar-refractivity contribution in [2.75, 3.05) is 26.9 Å². The smallest absolute Gasteiger partial charge is 0.119 e. The molecule has 4 heteroatoms. The molecule has 2 aliphatic carbocycles. The van der Waals surface area contributed by atoms with Crippen molar-refractivity contribution < 1.29 is 14.2 Å². The Labute approximate surface area is 145 Å². The molecular formula is C20H29NO3. The first kappa shape index (κ1) is 16.4. The highest BCUT2D eigenvalue weighted by atomic mass is 16.5. The number of morpholine rings is 1. The van der Waals surface area contributed by atoms with Gasteiger partial charge in [-0.05, 0) is 55.7 Å². The Morgan fingerprint density at radius 2 is 1.96 bits per heavy atom. The summed E-state index contributed by atoms with van der Waals surface area (Å²) in [6.07, 6.45) is 6.76. The van der Waals surface area contributed by atoms with Gasteiger partial charge in [0.2, 0.25) is 0 Å². The number of methoxy groups -OCH3 is 1. The molecule has 4 nitrogen and oxygen atoms in total. The van der Waals surface area contributed by atoms with Crippen LogP contribution in [-0.2, 0) is 16.0 Å². The molecule has 1 aromatic carbocycles. The second-order valence-corrected chi connectivity index (χ2v) is 7.52. The molecule has 0 spiro atoms. The van der Waals surface area contributed by atoms with Crippen molar-refractivity contribution in [1.82, 2.24) is 4.90 Å². The van der Waals surface area contributed by atoms with E-state index in [1.165, 1.54) is 18.4 Å². The van der Waals surface area contributed by atoms with Crippen molar-refractivity contribution in [3.8, 4) is 5.75 Å². The van der Waals surface area contributed by atoms with Crippen molar-refractivity contribution in [2.24, 2.45) is 5.92 Å². The van der Waals surface area contributed by atoms with Gasteiger partial charge in [0.25, 0.3) is 0 Å². The van der Waals surface area contributed by atoms with E-state index >= 15 is 0 Å². The maximum absolute atomic E-state index is 6.00. The van der Waals surface area contributed by atoms with Gasteiger partial charge >= 0.3 is 0 Å². The minimum absolute atomic E-state index is 0.381. The Morgan fingerprint density at radius 1 is 1.12 bits per heavy atom. The lowest BCUT2D eigenvalue weighted by atomic mass is 9.87. The first-order valence-corrected chi connectivity index (χ1v) is 9.42. The van der Waals surface area contributed by atoms with E-state index in [9.17, 15) is 0 Å². The van der Waals surface area contributed by atoms with Gasteiger partial charge in [-0.3, -0.25) is 4.90 Å². The van der Waals surface area contributed by atoms with Crippen molar-refractivity contribution in [1.29, 1.82) is 0 Å². The zero-order valence-corrected chi connectivity index (χ0v) is 14.7. The van der Waals surface area contributed by atoms with E-state index in [4.69, 9.17) is 14.2 Å². The third kappa shape index (κ3) is 3.93. The predicted molar refractivity (Wildman–Crippen MR) is 93.2 cm³/mol. The van der Waals surface area contributed by atoms with E-state index in [2.05, 4.69) is 29.2 Å². The second-order valence-electron chi connectivity index (χ2n) is 7.52. The largest absolute Gasteiger partial charge is 0.493 e. The van der Waals surface area contributed by atoms with Crippen LogP contribution < -0.4 is 4.74 Å². The number of ether oxygens (including phenoxy) is 3. The molecule has 1 aliphatic heterocycles. The van der Waals surface area contributed by atoms with Crippen molar-refractivity contribution in [3.05, 3.63) is 29.8 Å². The van der Waals surface area contributed by atoms with Crippen LogP contribution in [0.2, 0.25) is 0 Å². The minimum atomic E-state index is 0.381. The molecule has 0 amide bonds. The van der Waals surface area contributed by atoms with Crippen LogP contribution in [0.3, 0.4) is 0 Å². The van der Waals surface area contributed by atoms with E-state index in [0.717, 1.165) is 57.2 Å². The molecule has 3 aliphatic rings. The Balaban J connectivity index is 1.35. The summed E-state index contributed by atoms with van der Waals surface area (Å²) in [4.78, 5) is 2.58. The lowest BCUT2D eigenvalue weighted by molar-refractivity contribution is -0.116. The van der Waals surface area contributed by atoms with E-state index in [1.54, 1.807) is 0 Å². The Kier molecular flexibility index (Phi) is 5.06. The van der Waals surface area contributed by atoms with Crippen molar-refractivity contribution in [3.63, 3.8) is 0 Å². The summed E-state index contributed by atoms with van der Waals surface area (Å²) in [5, 5.41) is 0. The normalized spacial score (nSPS) is 30.8. The highest BCUT2D eigenvalue weighted by molar-refractivity contribution is 5.27. The van der Waals surface area contributed by atoms with Gasteiger partial charge in [0.1, 0.15) is 5.75 Å². The van der Waals surface area contributed by atoms with Gasteiger partial charge in [0, 0.05) is 26.2 Å². The zero-order valence-electron chi connectivity index (χ0n) is 14.7.